The van der Waals surface area contributed by atoms with Crippen LogP contribution in [-0.2, 0) is 6.54 Å². The molecule has 1 N–H and O–H groups in total. The van der Waals surface area contributed by atoms with Gasteiger partial charge in [0.15, 0.2) is 0 Å². The summed E-state index contributed by atoms with van der Waals surface area (Å²) in [7, 11) is 1.66. The van der Waals surface area contributed by atoms with Gasteiger partial charge >= 0.3 is 0 Å². The Kier molecular flexibility index (Phi) is 5.06. The van der Waals surface area contributed by atoms with Crippen LogP contribution in [0.3, 0.4) is 0 Å². The van der Waals surface area contributed by atoms with Crippen LogP contribution in [0.2, 0.25) is 5.02 Å². The number of imidazole rings is 1. The number of benzene rings is 1. The van der Waals surface area contributed by atoms with Crippen molar-refractivity contribution in [3.05, 3.63) is 46.5 Å². The third kappa shape index (κ3) is 3.71. The normalized spacial score (nSPS) is 15.5. The summed E-state index contributed by atoms with van der Waals surface area (Å²) in [5.74, 6) is 1.60. The number of hydrogen-bond acceptors (Lipinski definition) is 4. The molecule has 2 aromatic rings. The van der Waals surface area contributed by atoms with Gasteiger partial charge < -0.3 is 14.6 Å². The van der Waals surface area contributed by atoms with E-state index in [9.17, 15) is 4.79 Å². The molecule has 0 unspecified atom stereocenters. The molecule has 0 saturated carbocycles. The quantitative estimate of drug-likeness (QED) is 0.921. The zero-order valence-electron chi connectivity index (χ0n) is 13.9. The van der Waals surface area contributed by atoms with Gasteiger partial charge in [0.25, 0.3) is 5.91 Å². The molecule has 3 rings (SSSR count). The number of piperazine rings is 1. The average Bonchev–Trinajstić information content (AvgIpc) is 3.02. The summed E-state index contributed by atoms with van der Waals surface area (Å²) in [5.41, 5.74) is 1.62. The fraction of sp³-hybridized carbons (Fsp3) is 0.412. The maximum atomic E-state index is 12.4. The van der Waals surface area contributed by atoms with Gasteiger partial charge in [-0.2, -0.15) is 0 Å². The van der Waals surface area contributed by atoms with E-state index in [2.05, 4.69) is 14.9 Å². The monoisotopic (exact) mass is 348 g/mol. The summed E-state index contributed by atoms with van der Waals surface area (Å²) in [6.45, 7) is 5.62. The minimum atomic E-state index is 0.00980. The zero-order chi connectivity index (χ0) is 17.1. The topological polar surface area (TPSA) is 61.5 Å². The minimum Gasteiger partial charge on any atom is -0.496 e. The Hall–Kier alpha value is -2.05. The van der Waals surface area contributed by atoms with Crippen LogP contribution in [-0.4, -0.2) is 59.0 Å². The second kappa shape index (κ2) is 7.23. The van der Waals surface area contributed by atoms with Crippen molar-refractivity contribution in [2.24, 2.45) is 0 Å². The lowest BCUT2D eigenvalue weighted by atomic mass is 10.1. The van der Waals surface area contributed by atoms with E-state index in [-0.39, 0.29) is 5.91 Å². The number of aromatic amines is 1. The van der Waals surface area contributed by atoms with Crippen molar-refractivity contribution in [3.63, 3.8) is 0 Å². The third-order valence-electron chi connectivity index (χ3n) is 4.23. The van der Waals surface area contributed by atoms with E-state index < -0.39 is 0 Å². The summed E-state index contributed by atoms with van der Waals surface area (Å²) in [4.78, 5) is 23.7. The minimum absolute atomic E-state index is 0.00980. The van der Waals surface area contributed by atoms with Crippen LogP contribution in [0, 0.1) is 6.92 Å². The molecule has 1 aliphatic rings. The van der Waals surface area contributed by atoms with Crippen molar-refractivity contribution in [2.45, 2.75) is 13.5 Å². The molecule has 1 aliphatic heterocycles. The fourth-order valence-electron chi connectivity index (χ4n) is 2.92. The Labute approximate surface area is 146 Å². The number of ether oxygens (including phenoxy) is 1. The lowest BCUT2D eigenvalue weighted by Gasteiger charge is -2.34. The van der Waals surface area contributed by atoms with E-state index >= 15 is 0 Å². The van der Waals surface area contributed by atoms with Crippen molar-refractivity contribution < 1.29 is 9.53 Å². The van der Waals surface area contributed by atoms with Gasteiger partial charge in [-0.05, 0) is 25.1 Å². The second-order valence-corrected chi connectivity index (χ2v) is 6.34. The SMILES string of the molecule is COc1ccc(Cl)cc1CN1CCN(C(=O)c2cnc(C)[nH]2)CC1. The van der Waals surface area contributed by atoms with Crippen molar-refractivity contribution in [3.8, 4) is 5.75 Å². The molecule has 1 aromatic heterocycles. The molecular formula is C17H21ClN4O2. The van der Waals surface area contributed by atoms with E-state index in [4.69, 9.17) is 16.3 Å². The molecule has 2 heterocycles. The lowest BCUT2D eigenvalue weighted by Crippen LogP contribution is -2.48. The molecule has 0 bridgehead atoms. The van der Waals surface area contributed by atoms with E-state index in [0.717, 1.165) is 36.8 Å². The smallest absolute Gasteiger partial charge is 0.272 e. The first-order valence-electron chi connectivity index (χ1n) is 7.92. The van der Waals surface area contributed by atoms with Gasteiger partial charge in [0, 0.05) is 43.3 Å². The number of carbonyl (C=O) groups is 1. The maximum absolute atomic E-state index is 12.4. The van der Waals surface area contributed by atoms with Crippen LogP contribution in [0.1, 0.15) is 21.9 Å². The van der Waals surface area contributed by atoms with Gasteiger partial charge in [0.2, 0.25) is 0 Å². The van der Waals surface area contributed by atoms with Gasteiger partial charge in [0.1, 0.15) is 17.3 Å². The van der Waals surface area contributed by atoms with Gasteiger partial charge in [-0.1, -0.05) is 11.6 Å². The molecule has 0 spiro atoms. The van der Waals surface area contributed by atoms with E-state index in [0.29, 0.717) is 23.8 Å². The molecule has 0 radical (unpaired) electrons. The van der Waals surface area contributed by atoms with Crippen LogP contribution in [0.5, 0.6) is 5.75 Å². The van der Waals surface area contributed by atoms with Crippen LogP contribution in [0.15, 0.2) is 24.4 Å². The van der Waals surface area contributed by atoms with Crippen molar-refractivity contribution >= 4 is 17.5 Å². The summed E-state index contributed by atoms with van der Waals surface area (Å²) >= 11 is 6.09. The first-order valence-corrected chi connectivity index (χ1v) is 8.30. The van der Waals surface area contributed by atoms with Crippen LogP contribution in [0.25, 0.3) is 0 Å². The highest BCUT2D eigenvalue weighted by molar-refractivity contribution is 6.30. The average molecular weight is 349 g/mol. The van der Waals surface area contributed by atoms with Gasteiger partial charge in [-0.25, -0.2) is 4.98 Å². The third-order valence-corrected chi connectivity index (χ3v) is 4.46. The number of methoxy groups -OCH3 is 1. The molecule has 0 atom stereocenters. The van der Waals surface area contributed by atoms with E-state index in [1.165, 1.54) is 0 Å². The van der Waals surface area contributed by atoms with Crippen LogP contribution >= 0.6 is 11.6 Å². The number of nitrogens with one attached hydrogen (secondary N) is 1. The molecule has 1 amide bonds. The first kappa shape index (κ1) is 16.8. The van der Waals surface area contributed by atoms with Crippen molar-refractivity contribution in [1.82, 2.24) is 19.8 Å². The highest BCUT2D eigenvalue weighted by atomic mass is 35.5. The number of halogens is 1. The van der Waals surface area contributed by atoms with Crippen LogP contribution in [0.4, 0.5) is 0 Å². The number of aryl methyl sites for hydroxylation is 1. The van der Waals surface area contributed by atoms with Gasteiger partial charge in [-0.15, -0.1) is 0 Å². The lowest BCUT2D eigenvalue weighted by molar-refractivity contribution is 0.0622. The second-order valence-electron chi connectivity index (χ2n) is 5.91. The number of H-pyrrole nitrogens is 1. The molecule has 1 fully saturated rings. The molecule has 1 aromatic carbocycles. The van der Waals surface area contributed by atoms with Crippen molar-refractivity contribution in [2.75, 3.05) is 33.3 Å². The predicted octanol–water partition coefficient (Wildman–Crippen LogP) is 2.34. The number of hydrogen-bond donors (Lipinski definition) is 1. The zero-order valence-corrected chi connectivity index (χ0v) is 14.6. The first-order chi connectivity index (χ1) is 11.6. The Bertz CT molecular complexity index is 723. The highest BCUT2D eigenvalue weighted by Gasteiger charge is 2.23. The van der Waals surface area contributed by atoms with E-state index in [1.807, 2.05) is 30.0 Å². The summed E-state index contributed by atoms with van der Waals surface area (Å²) in [6.07, 6.45) is 1.60. The molecule has 0 aliphatic carbocycles. The molecular weight excluding hydrogens is 328 g/mol. The van der Waals surface area contributed by atoms with Crippen molar-refractivity contribution in [1.29, 1.82) is 0 Å². The summed E-state index contributed by atoms with van der Waals surface area (Å²) in [5, 5.41) is 0.703. The Morgan fingerprint density at radius 1 is 1.33 bits per heavy atom. The number of nitrogens with zero attached hydrogens (tertiary/aromatic N) is 3. The Morgan fingerprint density at radius 3 is 2.71 bits per heavy atom. The predicted molar refractivity (Wildman–Crippen MR) is 92.5 cm³/mol. The molecule has 7 heteroatoms. The number of aromatic nitrogens is 2. The van der Waals surface area contributed by atoms with E-state index in [1.54, 1.807) is 13.3 Å². The largest absolute Gasteiger partial charge is 0.496 e. The Balaban J connectivity index is 1.59. The standard InChI is InChI=1S/C17H21ClN4O2/c1-12-19-10-15(20-12)17(23)22-7-5-21(6-8-22)11-13-9-14(18)3-4-16(13)24-2/h3-4,9-10H,5-8,11H2,1-2H3,(H,19,20). The van der Waals surface area contributed by atoms with Gasteiger partial charge in [-0.3, -0.25) is 9.69 Å². The highest BCUT2D eigenvalue weighted by Crippen LogP contribution is 2.24. The Morgan fingerprint density at radius 2 is 2.08 bits per heavy atom. The summed E-state index contributed by atoms with van der Waals surface area (Å²) < 4.78 is 5.40. The fourth-order valence-corrected chi connectivity index (χ4v) is 3.12. The maximum Gasteiger partial charge on any atom is 0.272 e. The number of carbonyl (C=O) groups excluding carboxylic acids is 1. The molecule has 6 nitrogen and oxygen atoms in total. The molecule has 128 valence electrons. The number of amides is 1. The van der Waals surface area contributed by atoms with Crippen LogP contribution < -0.4 is 4.74 Å². The molecule has 1 saturated heterocycles. The summed E-state index contributed by atoms with van der Waals surface area (Å²) in [6, 6.07) is 5.65. The number of rotatable bonds is 4. The van der Waals surface area contributed by atoms with Gasteiger partial charge in [0.05, 0.1) is 13.3 Å². The molecule has 24 heavy (non-hydrogen) atoms.